The van der Waals surface area contributed by atoms with Crippen LogP contribution < -0.4 is 5.32 Å². The van der Waals surface area contributed by atoms with Crippen molar-refractivity contribution in [2.24, 2.45) is 0 Å². The molecule has 1 aliphatic heterocycles. The SMILES string of the molecule is C#CCNCc1nc(C2CCOC2)no1. The fourth-order valence-corrected chi connectivity index (χ4v) is 1.49. The molecule has 0 aromatic carbocycles. The van der Waals surface area contributed by atoms with E-state index >= 15 is 0 Å². The highest BCUT2D eigenvalue weighted by Gasteiger charge is 2.22. The van der Waals surface area contributed by atoms with Crippen LogP contribution >= 0.6 is 0 Å². The summed E-state index contributed by atoms with van der Waals surface area (Å²) in [6, 6.07) is 0. The van der Waals surface area contributed by atoms with E-state index in [2.05, 4.69) is 21.4 Å². The highest BCUT2D eigenvalue weighted by Crippen LogP contribution is 2.22. The molecular formula is C10H13N3O2. The molecule has 1 aromatic rings. The summed E-state index contributed by atoms with van der Waals surface area (Å²) in [6.45, 7) is 2.50. The molecule has 0 saturated carbocycles. The van der Waals surface area contributed by atoms with E-state index in [9.17, 15) is 0 Å². The van der Waals surface area contributed by atoms with Crippen molar-refractivity contribution in [1.29, 1.82) is 0 Å². The van der Waals surface area contributed by atoms with Crippen LogP contribution in [0.1, 0.15) is 24.1 Å². The number of rotatable bonds is 4. The van der Waals surface area contributed by atoms with Crippen LogP contribution in [0.15, 0.2) is 4.52 Å². The molecule has 0 bridgehead atoms. The zero-order valence-electron chi connectivity index (χ0n) is 8.40. The Hall–Kier alpha value is -1.38. The lowest BCUT2D eigenvalue weighted by atomic mass is 10.1. The van der Waals surface area contributed by atoms with E-state index in [1.807, 2.05) is 0 Å². The summed E-state index contributed by atoms with van der Waals surface area (Å²) < 4.78 is 10.3. The second kappa shape index (κ2) is 4.91. The topological polar surface area (TPSA) is 60.2 Å². The first-order chi connectivity index (χ1) is 7.40. The molecular weight excluding hydrogens is 194 g/mol. The monoisotopic (exact) mass is 207 g/mol. The lowest BCUT2D eigenvalue weighted by Crippen LogP contribution is -2.13. The number of terminal acetylenes is 1. The molecule has 1 aromatic heterocycles. The van der Waals surface area contributed by atoms with E-state index in [0.29, 0.717) is 25.6 Å². The molecule has 1 fully saturated rings. The van der Waals surface area contributed by atoms with Crippen LogP contribution in [0.4, 0.5) is 0 Å². The molecule has 0 amide bonds. The highest BCUT2D eigenvalue weighted by molar-refractivity contribution is 4.97. The zero-order chi connectivity index (χ0) is 10.5. The second-order valence-electron chi connectivity index (χ2n) is 3.41. The molecule has 0 spiro atoms. The maximum Gasteiger partial charge on any atom is 0.240 e. The summed E-state index contributed by atoms with van der Waals surface area (Å²) in [6.07, 6.45) is 6.07. The fourth-order valence-electron chi connectivity index (χ4n) is 1.49. The van der Waals surface area contributed by atoms with Gasteiger partial charge >= 0.3 is 0 Å². The Morgan fingerprint density at radius 3 is 3.27 bits per heavy atom. The molecule has 15 heavy (non-hydrogen) atoms. The summed E-state index contributed by atoms with van der Waals surface area (Å²) in [4.78, 5) is 4.28. The summed E-state index contributed by atoms with van der Waals surface area (Å²) >= 11 is 0. The standard InChI is InChI=1S/C10H13N3O2/c1-2-4-11-6-9-12-10(13-15-9)8-3-5-14-7-8/h1,8,11H,3-7H2. The molecule has 80 valence electrons. The summed E-state index contributed by atoms with van der Waals surface area (Å²) in [5.74, 6) is 4.08. The largest absolute Gasteiger partial charge is 0.381 e. The Balaban J connectivity index is 1.89. The third-order valence-corrected chi connectivity index (χ3v) is 2.28. The third kappa shape index (κ3) is 2.55. The lowest BCUT2D eigenvalue weighted by molar-refractivity contribution is 0.192. The fraction of sp³-hybridized carbons (Fsp3) is 0.600. The lowest BCUT2D eigenvalue weighted by Gasteiger charge is -1.97. The third-order valence-electron chi connectivity index (χ3n) is 2.28. The van der Waals surface area contributed by atoms with Gasteiger partial charge in [0.05, 0.1) is 19.7 Å². The molecule has 5 heteroatoms. The van der Waals surface area contributed by atoms with E-state index in [0.717, 1.165) is 18.9 Å². The Bertz CT molecular complexity index is 350. The molecule has 1 saturated heterocycles. The minimum Gasteiger partial charge on any atom is -0.381 e. The molecule has 0 aliphatic carbocycles. The molecule has 0 radical (unpaired) electrons. The van der Waals surface area contributed by atoms with Crippen molar-refractivity contribution in [3.05, 3.63) is 11.7 Å². The summed E-state index contributed by atoms with van der Waals surface area (Å²) in [7, 11) is 0. The van der Waals surface area contributed by atoms with Gasteiger partial charge < -0.3 is 9.26 Å². The van der Waals surface area contributed by atoms with Gasteiger partial charge in [-0.2, -0.15) is 4.98 Å². The van der Waals surface area contributed by atoms with Crippen LogP contribution in [0, 0.1) is 12.3 Å². The Morgan fingerprint density at radius 1 is 1.60 bits per heavy atom. The van der Waals surface area contributed by atoms with Gasteiger partial charge in [0, 0.05) is 12.5 Å². The van der Waals surface area contributed by atoms with Crippen LogP contribution in [0.3, 0.4) is 0 Å². The van der Waals surface area contributed by atoms with Gasteiger partial charge in [-0.05, 0) is 6.42 Å². The normalized spacial score (nSPS) is 20.3. The van der Waals surface area contributed by atoms with Gasteiger partial charge in [-0.15, -0.1) is 6.42 Å². The van der Waals surface area contributed by atoms with Gasteiger partial charge in [-0.1, -0.05) is 11.1 Å². The van der Waals surface area contributed by atoms with Gasteiger partial charge in [-0.25, -0.2) is 0 Å². The van der Waals surface area contributed by atoms with Crippen LogP contribution in [-0.2, 0) is 11.3 Å². The van der Waals surface area contributed by atoms with E-state index in [-0.39, 0.29) is 5.92 Å². The van der Waals surface area contributed by atoms with Crippen molar-refractivity contribution in [3.8, 4) is 12.3 Å². The predicted octanol–water partition coefficient (Wildman–Crippen LogP) is 0.296. The van der Waals surface area contributed by atoms with E-state index in [1.165, 1.54) is 0 Å². The van der Waals surface area contributed by atoms with Crippen molar-refractivity contribution < 1.29 is 9.26 Å². The minimum atomic E-state index is 0.287. The van der Waals surface area contributed by atoms with Crippen molar-refractivity contribution in [1.82, 2.24) is 15.5 Å². The molecule has 1 atom stereocenters. The van der Waals surface area contributed by atoms with Crippen molar-refractivity contribution in [2.45, 2.75) is 18.9 Å². The van der Waals surface area contributed by atoms with Gasteiger partial charge in [-0.3, -0.25) is 5.32 Å². The van der Waals surface area contributed by atoms with Crippen molar-refractivity contribution >= 4 is 0 Å². The molecule has 1 aliphatic rings. The predicted molar refractivity (Wildman–Crippen MR) is 53.0 cm³/mol. The van der Waals surface area contributed by atoms with Crippen LogP contribution in [0.5, 0.6) is 0 Å². The maximum atomic E-state index is 5.26. The molecule has 1 unspecified atom stereocenters. The van der Waals surface area contributed by atoms with Gasteiger partial charge in [0.15, 0.2) is 5.82 Å². The van der Waals surface area contributed by atoms with Crippen molar-refractivity contribution in [2.75, 3.05) is 19.8 Å². The maximum absolute atomic E-state index is 5.26. The number of nitrogens with zero attached hydrogens (tertiary/aromatic N) is 2. The average molecular weight is 207 g/mol. The zero-order valence-corrected chi connectivity index (χ0v) is 8.40. The summed E-state index contributed by atoms with van der Waals surface area (Å²) in [5, 5.41) is 6.91. The Morgan fingerprint density at radius 2 is 2.53 bits per heavy atom. The average Bonchev–Trinajstić information content (AvgIpc) is 2.87. The smallest absolute Gasteiger partial charge is 0.240 e. The first-order valence-corrected chi connectivity index (χ1v) is 4.94. The first kappa shape index (κ1) is 10.1. The number of ether oxygens (including phenoxy) is 1. The quantitative estimate of drug-likeness (QED) is 0.568. The van der Waals surface area contributed by atoms with Gasteiger partial charge in [0.25, 0.3) is 0 Å². The van der Waals surface area contributed by atoms with E-state index in [4.69, 9.17) is 15.7 Å². The van der Waals surface area contributed by atoms with Gasteiger partial charge in [0.2, 0.25) is 5.89 Å². The number of nitrogens with one attached hydrogen (secondary N) is 1. The Kier molecular flexibility index (Phi) is 3.33. The van der Waals surface area contributed by atoms with Gasteiger partial charge in [0.1, 0.15) is 0 Å². The van der Waals surface area contributed by atoms with Crippen LogP contribution in [-0.4, -0.2) is 29.9 Å². The second-order valence-corrected chi connectivity index (χ2v) is 3.41. The number of hydrogen-bond acceptors (Lipinski definition) is 5. The van der Waals surface area contributed by atoms with E-state index in [1.54, 1.807) is 0 Å². The summed E-state index contributed by atoms with van der Waals surface area (Å²) in [5.41, 5.74) is 0. The number of aromatic nitrogens is 2. The Labute approximate surface area is 88.2 Å². The van der Waals surface area contributed by atoms with Crippen molar-refractivity contribution in [3.63, 3.8) is 0 Å². The first-order valence-electron chi connectivity index (χ1n) is 4.94. The molecule has 1 N–H and O–H groups in total. The minimum absolute atomic E-state index is 0.287. The highest BCUT2D eigenvalue weighted by atomic mass is 16.5. The molecule has 2 rings (SSSR count). The molecule has 5 nitrogen and oxygen atoms in total. The van der Waals surface area contributed by atoms with Crippen LogP contribution in [0.25, 0.3) is 0 Å². The number of hydrogen-bond donors (Lipinski definition) is 1. The van der Waals surface area contributed by atoms with E-state index < -0.39 is 0 Å². The molecule has 2 heterocycles. The van der Waals surface area contributed by atoms with Crippen LogP contribution in [0.2, 0.25) is 0 Å².